The van der Waals surface area contributed by atoms with Crippen LogP contribution in [0.15, 0.2) is 35.7 Å². The highest BCUT2D eigenvalue weighted by molar-refractivity contribution is 7.13. The van der Waals surface area contributed by atoms with Gasteiger partial charge in [0.2, 0.25) is 0 Å². The predicted octanol–water partition coefficient (Wildman–Crippen LogP) is 3.20. The molecular weight excluding hydrogens is 322 g/mol. The molecule has 0 saturated carbocycles. The van der Waals surface area contributed by atoms with Crippen LogP contribution in [0.2, 0.25) is 0 Å². The number of nitrogens with one attached hydrogen (secondary N) is 2. The largest absolute Gasteiger partial charge is 0.394 e. The maximum absolute atomic E-state index is 12.0. The minimum absolute atomic E-state index is 0.0687. The minimum Gasteiger partial charge on any atom is -0.394 e. The summed E-state index contributed by atoms with van der Waals surface area (Å²) in [4.78, 5) is 16.6. The van der Waals surface area contributed by atoms with Crippen molar-refractivity contribution in [1.82, 2.24) is 15.6 Å². The Labute approximate surface area is 147 Å². The zero-order chi connectivity index (χ0) is 17.4. The van der Waals surface area contributed by atoms with E-state index in [2.05, 4.69) is 15.6 Å². The first-order valence-corrected chi connectivity index (χ1v) is 9.11. The molecule has 130 valence electrons. The molecule has 6 heteroatoms. The molecule has 1 unspecified atom stereocenters. The number of carbonyl (C=O) groups excluding carboxylic acids is 1. The highest BCUT2D eigenvalue weighted by Crippen LogP contribution is 2.23. The molecule has 0 bridgehead atoms. The van der Waals surface area contributed by atoms with Crippen molar-refractivity contribution < 1.29 is 9.90 Å². The monoisotopic (exact) mass is 347 g/mol. The van der Waals surface area contributed by atoms with Crippen LogP contribution in [0.3, 0.4) is 0 Å². The van der Waals surface area contributed by atoms with Crippen LogP contribution in [-0.4, -0.2) is 34.8 Å². The van der Waals surface area contributed by atoms with Crippen LogP contribution >= 0.6 is 11.3 Å². The van der Waals surface area contributed by atoms with E-state index in [1.54, 1.807) is 11.3 Å². The summed E-state index contributed by atoms with van der Waals surface area (Å²) < 4.78 is 0. The van der Waals surface area contributed by atoms with Crippen molar-refractivity contribution in [2.24, 2.45) is 0 Å². The number of hydrogen-bond donors (Lipinski definition) is 3. The van der Waals surface area contributed by atoms with Gasteiger partial charge in [0.15, 0.2) is 0 Å². The maximum Gasteiger partial charge on any atom is 0.315 e. The lowest BCUT2D eigenvalue weighted by Crippen LogP contribution is -2.52. The third-order valence-corrected chi connectivity index (χ3v) is 4.75. The maximum atomic E-state index is 12.0. The van der Waals surface area contributed by atoms with Crippen molar-refractivity contribution in [3.8, 4) is 10.6 Å². The molecule has 3 N–H and O–H groups in total. The lowest BCUT2D eigenvalue weighted by atomic mass is 9.98. The second kappa shape index (κ2) is 8.80. The molecule has 0 fully saturated rings. The number of amides is 2. The number of benzene rings is 1. The summed E-state index contributed by atoms with van der Waals surface area (Å²) in [6, 6.07) is 9.81. The third kappa shape index (κ3) is 5.32. The molecule has 24 heavy (non-hydrogen) atoms. The van der Waals surface area contributed by atoms with Crippen LogP contribution in [0.1, 0.15) is 32.4 Å². The zero-order valence-corrected chi connectivity index (χ0v) is 15.0. The highest BCUT2D eigenvalue weighted by atomic mass is 32.1. The molecule has 1 heterocycles. The third-order valence-electron chi connectivity index (χ3n) is 3.81. The molecule has 0 saturated heterocycles. The van der Waals surface area contributed by atoms with Crippen LogP contribution in [0, 0.1) is 0 Å². The normalized spacial score (nSPS) is 13.3. The van der Waals surface area contributed by atoms with Crippen LogP contribution in [0.5, 0.6) is 0 Å². The first-order chi connectivity index (χ1) is 11.6. The Bertz CT molecular complexity index is 645. The van der Waals surface area contributed by atoms with Gasteiger partial charge in [-0.3, -0.25) is 0 Å². The second-order valence-corrected chi connectivity index (χ2v) is 6.97. The molecule has 1 aromatic heterocycles. The first-order valence-electron chi connectivity index (χ1n) is 8.23. The molecule has 2 amide bonds. The summed E-state index contributed by atoms with van der Waals surface area (Å²) in [6.07, 6.45) is 2.32. The van der Waals surface area contributed by atoms with E-state index in [0.717, 1.165) is 29.1 Å². The Morgan fingerprint density at radius 3 is 2.75 bits per heavy atom. The molecule has 1 aromatic carbocycles. The van der Waals surface area contributed by atoms with E-state index in [0.29, 0.717) is 13.0 Å². The topological polar surface area (TPSA) is 74.2 Å². The summed E-state index contributed by atoms with van der Waals surface area (Å²) in [6.45, 7) is 4.32. The average molecular weight is 347 g/mol. The summed E-state index contributed by atoms with van der Waals surface area (Å²) in [5, 5.41) is 18.1. The van der Waals surface area contributed by atoms with E-state index in [1.165, 1.54) is 0 Å². The summed E-state index contributed by atoms with van der Waals surface area (Å²) in [5.41, 5.74) is 1.51. The van der Waals surface area contributed by atoms with E-state index in [9.17, 15) is 9.90 Å². The van der Waals surface area contributed by atoms with Gasteiger partial charge in [-0.05, 0) is 13.3 Å². The number of aromatic nitrogens is 1. The zero-order valence-electron chi connectivity index (χ0n) is 14.2. The van der Waals surface area contributed by atoms with Gasteiger partial charge in [0.05, 0.1) is 17.8 Å². The smallest absolute Gasteiger partial charge is 0.315 e. The Balaban J connectivity index is 1.80. The Morgan fingerprint density at radius 2 is 2.08 bits per heavy atom. The summed E-state index contributed by atoms with van der Waals surface area (Å²) in [7, 11) is 0. The van der Waals surface area contributed by atoms with E-state index in [1.807, 2.05) is 49.6 Å². The molecule has 0 spiro atoms. The number of carbonyl (C=O) groups is 1. The summed E-state index contributed by atoms with van der Waals surface area (Å²) in [5.74, 6) is 0. The standard InChI is InChI=1S/C18H25N3O2S/c1-3-10-18(2,13-22)21-17(23)19-11-9-15-12-24-16(20-15)14-7-5-4-6-8-14/h4-8,12,22H,3,9-11,13H2,1-2H3,(H2,19,21,23). The van der Waals surface area contributed by atoms with Crippen molar-refractivity contribution in [2.45, 2.75) is 38.6 Å². The van der Waals surface area contributed by atoms with Crippen LogP contribution < -0.4 is 10.6 Å². The minimum atomic E-state index is -0.570. The fraction of sp³-hybridized carbons (Fsp3) is 0.444. The molecule has 1 atom stereocenters. The number of urea groups is 1. The highest BCUT2D eigenvalue weighted by Gasteiger charge is 2.24. The lowest BCUT2D eigenvalue weighted by molar-refractivity contribution is 0.163. The summed E-state index contributed by atoms with van der Waals surface area (Å²) >= 11 is 1.61. The fourth-order valence-electron chi connectivity index (χ4n) is 2.49. The average Bonchev–Trinajstić information content (AvgIpc) is 3.05. The van der Waals surface area contributed by atoms with Crippen LogP contribution in [-0.2, 0) is 6.42 Å². The molecule has 0 radical (unpaired) electrons. The second-order valence-electron chi connectivity index (χ2n) is 6.11. The molecule has 5 nitrogen and oxygen atoms in total. The number of aliphatic hydroxyl groups is 1. The van der Waals surface area contributed by atoms with E-state index in [4.69, 9.17) is 0 Å². The molecular formula is C18H25N3O2S. The first kappa shape index (κ1) is 18.4. The van der Waals surface area contributed by atoms with Gasteiger partial charge in [0.25, 0.3) is 0 Å². The number of nitrogens with zero attached hydrogens (tertiary/aromatic N) is 1. The number of thiazole rings is 1. The van der Waals surface area contributed by atoms with Crippen LogP contribution in [0.25, 0.3) is 10.6 Å². The van der Waals surface area contributed by atoms with Crippen LogP contribution in [0.4, 0.5) is 4.79 Å². The van der Waals surface area contributed by atoms with Gasteiger partial charge in [-0.25, -0.2) is 9.78 Å². The van der Waals surface area contributed by atoms with Crippen molar-refractivity contribution in [3.05, 3.63) is 41.4 Å². The van der Waals surface area contributed by atoms with E-state index >= 15 is 0 Å². The van der Waals surface area contributed by atoms with Gasteiger partial charge in [0.1, 0.15) is 5.01 Å². The predicted molar refractivity (Wildman–Crippen MR) is 98.2 cm³/mol. The van der Waals surface area contributed by atoms with Gasteiger partial charge in [-0.15, -0.1) is 11.3 Å². The number of hydrogen-bond acceptors (Lipinski definition) is 4. The Kier molecular flexibility index (Phi) is 6.75. The van der Waals surface area contributed by atoms with Gasteiger partial charge in [0, 0.05) is 23.9 Å². The molecule has 0 aliphatic rings. The fourth-order valence-corrected chi connectivity index (χ4v) is 3.35. The van der Waals surface area contributed by atoms with Crippen molar-refractivity contribution in [1.29, 1.82) is 0 Å². The Morgan fingerprint density at radius 1 is 1.33 bits per heavy atom. The van der Waals surface area contributed by atoms with Gasteiger partial charge < -0.3 is 15.7 Å². The van der Waals surface area contributed by atoms with Crippen molar-refractivity contribution >= 4 is 17.4 Å². The van der Waals surface area contributed by atoms with Gasteiger partial charge >= 0.3 is 6.03 Å². The molecule has 0 aliphatic heterocycles. The number of rotatable bonds is 8. The van der Waals surface area contributed by atoms with Crippen molar-refractivity contribution in [2.75, 3.05) is 13.2 Å². The van der Waals surface area contributed by atoms with Gasteiger partial charge in [-0.2, -0.15) is 0 Å². The number of aliphatic hydroxyl groups excluding tert-OH is 1. The Hall–Kier alpha value is -1.92. The molecule has 2 aromatic rings. The van der Waals surface area contributed by atoms with E-state index < -0.39 is 5.54 Å². The lowest BCUT2D eigenvalue weighted by Gasteiger charge is -2.28. The quantitative estimate of drug-likeness (QED) is 0.686. The van der Waals surface area contributed by atoms with Crippen molar-refractivity contribution in [3.63, 3.8) is 0 Å². The molecule has 2 rings (SSSR count). The molecule has 0 aliphatic carbocycles. The van der Waals surface area contributed by atoms with E-state index in [-0.39, 0.29) is 12.6 Å². The SMILES string of the molecule is CCCC(C)(CO)NC(=O)NCCc1csc(-c2ccccc2)n1. The van der Waals surface area contributed by atoms with Gasteiger partial charge in [-0.1, -0.05) is 43.7 Å².